The molecule has 2 aliphatic heterocycles. The van der Waals surface area contributed by atoms with Gasteiger partial charge in [0.05, 0.1) is 11.2 Å². The zero-order valence-corrected chi connectivity index (χ0v) is 18.7. The molecule has 5 rings (SSSR count). The van der Waals surface area contributed by atoms with Gasteiger partial charge in [-0.2, -0.15) is 0 Å². The van der Waals surface area contributed by atoms with E-state index in [0.717, 1.165) is 13.1 Å². The molecule has 3 heterocycles. The van der Waals surface area contributed by atoms with Gasteiger partial charge in [-0.3, -0.25) is 4.90 Å². The molecule has 3 aliphatic rings. The fourth-order valence-electron chi connectivity index (χ4n) is 5.72. The van der Waals surface area contributed by atoms with Crippen LogP contribution in [0.25, 0.3) is 0 Å². The predicted molar refractivity (Wildman–Crippen MR) is 113 cm³/mol. The van der Waals surface area contributed by atoms with E-state index in [0.29, 0.717) is 42.9 Å². The monoisotopic (exact) mass is 448 g/mol. The molecule has 0 unspecified atom stereocenters. The van der Waals surface area contributed by atoms with Crippen molar-refractivity contribution in [3.63, 3.8) is 0 Å². The summed E-state index contributed by atoms with van der Waals surface area (Å²) in [6.07, 6.45) is 5.61. The Morgan fingerprint density at radius 1 is 1.16 bits per heavy atom. The van der Waals surface area contributed by atoms with Crippen LogP contribution in [-0.2, 0) is 21.2 Å². The molecule has 1 saturated carbocycles. The Morgan fingerprint density at radius 2 is 1.90 bits per heavy atom. The van der Waals surface area contributed by atoms with Crippen LogP contribution in [0.3, 0.4) is 0 Å². The fourth-order valence-corrected chi connectivity index (χ4v) is 7.29. The van der Waals surface area contributed by atoms with Crippen molar-refractivity contribution in [2.45, 2.75) is 56.2 Å². The number of likely N-dealkylation sites (tertiary alicyclic amines) is 1. The van der Waals surface area contributed by atoms with E-state index in [1.165, 1.54) is 37.8 Å². The second-order valence-corrected chi connectivity index (χ2v) is 11.3. The number of hydrogen-bond acceptors (Lipinski definition) is 6. The van der Waals surface area contributed by atoms with Gasteiger partial charge in [-0.15, -0.1) is 10.2 Å². The minimum absolute atomic E-state index is 0.112. The van der Waals surface area contributed by atoms with Gasteiger partial charge < -0.3 is 4.42 Å². The third-order valence-corrected chi connectivity index (χ3v) is 9.22. The Bertz CT molecular complexity index is 1040. The molecule has 1 aliphatic carbocycles. The summed E-state index contributed by atoms with van der Waals surface area (Å²) in [5.41, 5.74) is 0.316. The topological polar surface area (TPSA) is 79.5 Å². The number of halogens is 1. The first-order valence-corrected chi connectivity index (χ1v) is 12.7. The van der Waals surface area contributed by atoms with E-state index in [9.17, 15) is 12.8 Å². The quantitative estimate of drug-likeness (QED) is 0.700. The van der Waals surface area contributed by atoms with Gasteiger partial charge in [0.1, 0.15) is 5.82 Å². The molecule has 0 radical (unpaired) electrons. The molecule has 2 aromatic rings. The molecule has 9 heteroatoms. The van der Waals surface area contributed by atoms with Crippen molar-refractivity contribution in [3.05, 3.63) is 47.4 Å². The molecular formula is C22H29FN4O3S. The number of benzene rings is 1. The number of sulfonamides is 1. The number of hydrogen-bond donors (Lipinski definition) is 0. The smallest absolute Gasteiger partial charge is 0.224 e. The maximum absolute atomic E-state index is 13.2. The van der Waals surface area contributed by atoms with Crippen molar-refractivity contribution >= 4 is 10.0 Å². The van der Waals surface area contributed by atoms with Gasteiger partial charge in [0.2, 0.25) is 21.8 Å². The molecule has 31 heavy (non-hydrogen) atoms. The summed E-state index contributed by atoms with van der Waals surface area (Å²) in [4.78, 5) is 2.54. The van der Waals surface area contributed by atoms with Crippen LogP contribution < -0.4 is 0 Å². The highest BCUT2D eigenvalue weighted by molar-refractivity contribution is 7.88. The van der Waals surface area contributed by atoms with Gasteiger partial charge in [0, 0.05) is 45.1 Å². The molecule has 7 nitrogen and oxygen atoms in total. The van der Waals surface area contributed by atoms with Crippen LogP contribution in [0.15, 0.2) is 28.7 Å². The summed E-state index contributed by atoms with van der Waals surface area (Å²) < 4.78 is 47.1. The maximum Gasteiger partial charge on any atom is 0.224 e. The molecule has 0 spiro atoms. The molecule has 3 fully saturated rings. The van der Waals surface area contributed by atoms with Crippen molar-refractivity contribution in [1.82, 2.24) is 19.4 Å². The maximum atomic E-state index is 13.2. The van der Waals surface area contributed by atoms with Crippen LogP contribution in [0.1, 0.15) is 49.4 Å². The van der Waals surface area contributed by atoms with Crippen LogP contribution in [0.2, 0.25) is 0 Å². The molecule has 0 bridgehead atoms. The molecule has 1 aromatic heterocycles. The summed E-state index contributed by atoms with van der Waals surface area (Å²) in [7, 11) is -3.50. The Labute approximate surface area is 182 Å². The van der Waals surface area contributed by atoms with Gasteiger partial charge in [-0.25, -0.2) is 17.1 Å². The normalized spacial score (nSPS) is 28.3. The van der Waals surface area contributed by atoms with Crippen LogP contribution in [0.4, 0.5) is 4.39 Å². The molecular weight excluding hydrogens is 419 g/mol. The first kappa shape index (κ1) is 21.0. The lowest BCUT2D eigenvalue weighted by Crippen LogP contribution is -2.51. The van der Waals surface area contributed by atoms with E-state index < -0.39 is 10.0 Å². The molecule has 0 N–H and O–H groups in total. The summed E-state index contributed by atoms with van der Waals surface area (Å²) in [6, 6.07) is 6.26. The van der Waals surface area contributed by atoms with Gasteiger partial charge >= 0.3 is 0 Å². The van der Waals surface area contributed by atoms with Crippen molar-refractivity contribution < 1.29 is 17.2 Å². The van der Waals surface area contributed by atoms with Crippen LogP contribution in [0, 0.1) is 18.7 Å². The summed E-state index contributed by atoms with van der Waals surface area (Å²) in [6.45, 7) is 4.40. The average molecular weight is 449 g/mol. The SMILES string of the molecule is Cc1nnc([C@]23CCN(S(=O)(=O)Cc4ccc(F)cc4)C[C@H]2CN(C2CCCC2)C3)o1. The number of rotatable bonds is 5. The Morgan fingerprint density at radius 3 is 2.58 bits per heavy atom. The number of fused-ring (bicyclic) bond motifs is 1. The average Bonchev–Trinajstić information content (AvgIpc) is 3.48. The fraction of sp³-hybridized carbons (Fsp3) is 0.636. The van der Waals surface area contributed by atoms with Crippen LogP contribution >= 0.6 is 0 Å². The molecule has 2 atom stereocenters. The third-order valence-electron chi connectivity index (χ3n) is 7.40. The van der Waals surface area contributed by atoms with Gasteiger partial charge in [0.25, 0.3) is 0 Å². The third kappa shape index (κ3) is 3.91. The Hall–Kier alpha value is -1.84. The first-order chi connectivity index (χ1) is 14.9. The van der Waals surface area contributed by atoms with E-state index >= 15 is 0 Å². The van der Waals surface area contributed by atoms with Crippen LogP contribution in [-0.4, -0.2) is 60.0 Å². The van der Waals surface area contributed by atoms with Gasteiger partial charge in [-0.1, -0.05) is 25.0 Å². The lowest BCUT2D eigenvalue weighted by molar-refractivity contribution is 0.155. The van der Waals surface area contributed by atoms with Crippen LogP contribution in [0.5, 0.6) is 0 Å². The number of aromatic nitrogens is 2. The highest BCUT2D eigenvalue weighted by Gasteiger charge is 2.56. The summed E-state index contributed by atoms with van der Waals surface area (Å²) >= 11 is 0. The minimum atomic E-state index is -3.50. The zero-order chi connectivity index (χ0) is 21.6. The minimum Gasteiger partial charge on any atom is -0.425 e. The number of piperidine rings is 1. The lowest BCUT2D eigenvalue weighted by atomic mass is 9.73. The summed E-state index contributed by atoms with van der Waals surface area (Å²) in [5, 5.41) is 8.45. The van der Waals surface area contributed by atoms with E-state index in [1.807, 2.05) is 0 Å². The number of nitrogens with zero attached hydrogens (tertiary/aromatic N) is 4. The lowest BCUT2D eigenvalue weighted by Gasteiger charge is -2.40. The van der Waals surface area contributed by atoms with Gasteiger partial charge in [-0.05, 0) is 37.0 Å². The zero-order valence-electron chi connectivity index (χ0n) is 17.8. The van der Waals surface area contributed by atoms with E-state index in [-0.39, 0.29) is 22.9 Å². The van der Waals surface area contributed by atoms with E-state index in [2.05, 4.69) is 15.1 Å². The molecule has 168 valence electrons. The van der Waals surface area contributed by atoms with E-state index in [4.69, 9.17) is 4.42 Å². The first-order valence-electron chi connectivity index (χ1n) is 11.1. The molecule has 1 aromatic carbocycles. The largest absolute Gasteiger partial charge is 0.425 e. The van der Waals surface area contributed by atoms with Crippen molar-refractivity contribution in [2.24, 2.45) is 5.92 Å². The molecule has 0 amide bonds. The standard InChI is InChI=1S/C22H29FN4O3S/c1-16-24-25-21(30-16)22-10-11-27(31(28,29)14-17-6-8-19(23)9-7-17)13-18(22)12-26(15-22)20-4-2-3-5-20/h6-9,18,20H,2-5,10-15H2,1H3/t18-,22+/m1/s1. The predicted octanol–water partition coefficient (Wildman–Crippen LogP) is 2.87. The van der Waals surface area contributed by atoms with Crippen molar-refractivity contribution in [3.8, 4) is 0 Å². The Balaban J connectivity index is 1.39. The number of aryl methyl sites for hydroxylation is 1. The van der Waals surface area contributed by atoms with E-state index in [1.54, 1.807) is 23.4 Å². The highest BCUT2D eigenvalue weighted by atomic mass is 32.2. The highest BCUT2D eigenvalue weighted by Crippen LogP contribution is 2.47. The van der Waals surface area contributed by atoms with Gasteiger partial charge in [0.15, 0.2) is 0 Å². The second kappa shape index (κ2) is 7.94. The van der Waals surface area contributed by atoms with Crippen molar-refractivity contribution in [1.29, 1.82) is 0 Å². The Kier molecular flexibility index (Phi) is 5.38. The molecule has 2 saturated heterocycles. The second-order valence-electron chi connectivity index (χ2n) is 9.34. The van der Waals surface area contributed by atoms with Crippen molar-refractivity contribution in [2.75, 3.05) is 26.2 Å². The summed E-state index contributed by atoms with van der Waals surface area (Å²) in [5.74, 6) is 0.847.